The standard InChI is InChI=1S/C22H24N2/c23-13-11-17-3-1-5-21(15-17)19-7-9-20(10-8-19)22-6-2-4-18(16-22)12-14-24/h1-10,15-16H,11-14,23-24H2. The van der Waals surface area contributed by atoms with Gasteiger partial charge in [-0.05, 0) is 59.3 Å². The largest absolute Gasteiger partial charge is 0.330 e. The van der Waals surface area contributed by atoms with Gasteiger partial charge in [-0.2, -0.15) is 0 Å². The van der Waals surface area contributed by atoms with Gasteiger partial charge in [-0.25, -0.2) is 0 Å². The molecule has 0 atom stereocenters. The van der Waals surface area contributed by atoms with Crippen molar-refractivity contribution in [3.63, 3.8) is 0 Å². The van der Waals surface area contributed by atoms with Crippen LogP contribution >= 0.6 is 0 Å². The van der Waals surface area contributed by atoms with Gasteiger partial charge in [0, 0.05) is 0 Å². The molecule has 0 aliphatic rings. The van der Waals surface area contributed by atoms with Crippen LogP contribution in [0.5, 0.6) is 0 Å². The summed E-state index contributed by atoms with van der Waals surface area (Å²) in [6.07, 6.45) is 1.83. The molecular formula is C22H24N2. The van der Waals surface area contributed by atoms with E-state index >= 15 is 0 Å². The second kappa shape index (κ2) is 7.91. The van der Waals surface area contributed by atoms with E-state index in [1.54, 1.807) is 0 Å². The summed E-state index contributed by atoms with van der Waals surface area (Å²) in [5, 5.41) is 0. The highest BCUT2D eigenvalue weighted by atomic mass is 14.5. The maximum Gasteiger partial charge on any atom is -0.00367 e. The molecule has 0 fully saturated rings. The Hall–Kier alpha value is -2.42. The third kappa shape index (κ3) is 3.91. The molecule has 0 saturated heterocycles. The molecule has 0 spiro atoms. The lowest BCUT2D eigenvalue weighted by atomic mass is 9.97. The molecule has 3 aromatic carbocycles. The van der Waals surface area contributed by atoms with Gasteiger partial charge in [0.05, 0.1) is 0 Å². The van der Waals surface area contributed by atoms with Crippen LogP contribution in [0.1, 0.15) is 11.1 Å². The number of benzene rings is 3. The van der Waals surface area contributed by atoms with E-state index in [1.165, 1.54) is 33.4 Å². The van der Waals surface area contributed by atoms with Gasteiger partial charge in [-0.1, -0.05) is 72.8 Å². The molecule has 2 heteroatoms. The van der Waals surface area contributed by atoms with Gasteiger partial charge in [-0.15, -0.1) is 0 Å². The zero-order chi connectivity index (χ0) is 16.8. The first kappa shape index (κ1) is 16.4. The summed E-state index contributed by atoms with van der Waals surface area (Å²) in [6, 6.07) is 26.0. The summed E-state index contributed by atoms with van der Waals surface area (Å²) in [4.78, 5) is 0. The summed E-state index contributed by atoms with van der Waals surface area (Å²) in [5.74, 6) is 0. The van der Waals surface area contributed by atoms with Gasteiger partial charge in [0.2, 0.25) is 0 Å². The zero-order valence-corrected chi connectivity index (χ0v) is 13.9. The Bertz CT molecular complexity index is 723. The molecule has 0 aliphatic carbocycles. The molecule has 0 radical (unpaired) electrons. The van der Waals surface area contributed by atoms with E-state index < -0.39 is 0 Å². The van der Waals surface area contributed by atoms with E-state index in [0.29, 0.717) is 13.1 Å². The van der Waals surface area contributed by atoms with Crippen LogP contribution in [0, 0.1) is 0 Å². The SMILES string of the molecule is NCCc1cccc(-c2ccc(-c3cccc(CCN)c3)cc2)c1. The number of nitrogens with two attached hydrogens (primary N) is 2. The van der Waals surface area contributed by atoms with Crippen LogP contribution in [0.2, 0.25) is 0 Å². The summed E-state index contributed by atoms with van der Waals surface area (Å²) in [5.41, 5.74) is 18.8. The fourth-order valence-corrected chi connectivity index (χ4v) is 3.00. The molecule has 2 nitrogen and oxygen atoms in total. The van der Waals surface area contributed by atoms with Gasteiger partial charge in [0.25, 0.3) is 0 Å². The highest BCUT2D eigenvalue weighted by molar-refractivity contribution is 5.71. The fourth-order valence-electron chi connectivity index (χ4n) is 3.00. The van der Waals surface area contributed by atoms with Gasteiger partial charge in [-0.3, -0.25) is 0 Å². The van der Waals surface area contributed by atoms with Crippen molar-refractivity contribution in [2.75, 3.05) is 13.1 Å². The Morgan fingerprint density at radius 3 is 1.29 bits per heavy atom. The molecule has 3 rings (SSSR count). The minimum absolute atomic E-state index is 0.682. The molecule has 0 aliphatic heterocycles. The molecule has 0 amide bonds. The lowest BCUT2D eigenvalue weighted by molar-refractivity contribution is 0.969. The molecule has 4 N–H and O–H groups in total. The minimum atomic E-state index is 0.682. The first-order chi connectivity index (χ1) is 11.8. The lowest BCUT2D eigenvalue weighted by Crippen LogP contribution is -2.02. The van der Waals surface area contributed by atoms with Gasteiger partial charge < -0.3 is 11.5 Å². The maximum absolute atomic E-state index is 5.66. The fraction of sp³-hybridized carbons (Fsp3) is 0.182. The van der Waals surface area contributed by atoms with Crippen molar-refractivity contribution in [3.05, 3.63) is 83.9 Å². The summed E-state index contributed by atoms with van der Waals surface area (Å²) in [6.45, 7) is 1.36. The van der Waals surface area contributed by atoms with Crippen molar-refractivity contribution < 1.29 is 0 Å². The average molecular weight is 316 g/mol. The Labute approximate surface area is 144 Å². The van der Waals surface area contributed by atoms with Crippen LogP contribution in [0.15, 0.2) is 72.8 Å². The smallest absolute Gasteiger partial charge is 0.00367 e. The third-order valence-corrected chi connectivity index (χ3v) is 4.27. The zero-order valence-electron chi connectivity index (χ0n) is 13.9. The van der Waals surface area contributed by atoms with E-state index in [9.17, 15) is 0 Å². The van der Waals surface area contributed by atoms with E-state index in [2.05, 4.69) is 72.8 Å². The molecule has 0 bridgehead atoms. The average Bonchev–Trinajstić information content (AvgIpc) is 2.63. The van der Waals surface area contributed by atoms with Crippen LogP contribution in [0.4, 0.5) is 0 Å². The second-order valence-corrected chi connectivity index (χ2v) is 6.06. The normalized spacial score (nSPS) is 10.8. The molecule has 0 aromatic heterocycles. The Morgan fingerprint density at radius 1 is 0.500 bits per heavy atom. The summed E-state index contributed by atoms with van der Waals surface area (Å²) >= 11 is 0. The number of hydrogen-bond acceptors (Lipinski definition) is 2. The molecule has 0 saturated carbocycles. The van der Waals surface area contributed by atoms with E-state index in [4.69, 9.17) is 11.5 Å². The monoisotopic (exact) mass is 316 g/mol. The first-order valence-electron chi connectivity index (χ1n) is 8.49. The summed E-state index contributed by atoms with van der Waals surface area (Å²) in [7, 11) is 0. The van der Waals surface area contributed by atoms with E-state index in [-0.39, 0.29) is 0 Å². The number of rotatable bonds is 6. The van der Waals surface area contributed by atoms with Crippen LogP contribution in [0.3, 0.4) is 0 Å². The second-order valence-electron chi connectivity index (χ2n) is 6.06. The van der Waals surface area contributed by atoms with Crippen LogP contribution in [0.25, 0.3) is 22.3 Å². The van der Waals surface area contributed by atoms with Gasteiger partial charge >= 0.3 is 0 Å². The quantitative estimate of drug-likeness (QED) is 0.721. The van der Waals surface area contributed by atoms with Crippen LogP contribution in [-0.4, -0.2) is 13.1 Å². The van der Waals surface area contributed by atoms with Crippen molar-refractivity contribution in [1.82, 2.24) is 0 Å². The predicted molar refractivity (Wildman–Crippen MR) is 103 cm³/mol. The van der Waals surface area contributed by atoms with Gasteiger partial charge in [0.1, 0.15) is 0 Å². The minimum Gasteiger partial charge on any atom is -0.330 e. The molecule has 24 heavy (non-hydrogen) atoms. The highest BCUT2D eigenvalue weighted by Gasteiger charge is 2.02. The predicted octanol–water partition coefficient (Wildman–Crippen LogP) is 4.02. The topological polar surface area (TPSA) is 52.0 Å². The Balaban J connectivity index is 1.85. The van der Waals surface area contributed by atoms with Crippen molar-refractivity contribution in [1.29, 1.82) is 0 Å². The molecule has 0 unspecified atom stereocenters. The summed E-state index contributed by atoms with van der Waals surface area (Å²) < 4.78 is 0. The van der Waals surface area contributed by atoms with Crippen molar-refractivity contribution in [3.8, 4) is 22.3 Å². The molecular weight excluding hydrogens is 292 g/mol. The van der Waals surface area contributed by atoms with Crippen molar-refractivity contribution in [2.24, 2.45) is 11.5 Å². The Kier molecular flexibility index (Phi) is 5.42. The van der Waals surface area contributed by atoms with Crippen LogP contribution in [-0.2, 0) is 12.8 Å². The molecule has 122 valence electrons. The van der Waals surface area contributed by atoms with Crippen LogP contribution < -0.4 is 11.5 Å². The van der Waals surface area contributed by atoms with Crippen molar-refractivity contribution in [2.45, 2.75) is 12.8 Å². The number of hydrogen-bond donors (Lipinski definition) is 2. The maximum atomic E-state index is 5.66. The molecule has 0 heterocycles. The van der Waals surface area contributed by atoms with Gasteiger partial charge in [0.15, 0.2) is 0 Å². The highest BCUT2D eigenvalue weighted by Crippen LogP contribution is 2.26. The third-order valence-electron chi connectivity index (χ3n) is 4.27. The van der Waals surface area contributed by atoms with E-state index in [1.807, 2.05) is 0 Å². The Morgan fingerprint density at radius 2 is 0.917 bits per heavy atom. The molecule has 3 aromatic rings. The first-order valence-corrected chi connectivity index (χ1v) is 8.49. The van der Waals surface area contributed by atoms with E-state index in [0.717, 1.165) is 12.8 Å². The lowest BCUT2D eigenvalue weighted by Gasteiger charge is -2.08. The van der Waals surface area contributed by atoms with Crippen molar-refractivity contribution >= 4 is 0 Å².